The number of carbonyl (C=O) groups is 1. The van der Waals surface area contributed by atoms with E-state index in [0.717, 1.165) is 35.5 Å². The number of ether oxygens (including phenoxy) is 1. The Bertz CT molecular complexity index is 645. The van der Waals surface area contributed by atoms with E-state index in [1.807, 2.05) is 6.92 Å². The number of aryl methyl sites for hydroxylation is 2. The van der Waals surface area contributed by atoms with Crippen LogP contribution in [0.4, 0.5) is 0 Å². The number of thiazole rings is 1. The van der Waals surface area contributed by atoms with Crippen LogP contribution in [0.15, 0.2) is 24.3 Å². The summed E-state index contributed by atoms with van der Waals surface area (Å²) in [5.41, 5.74) is 3.31. The zero-order chi connectivity index (χ0) is 14.8. The molecule has 0 saturated carbocycles. The highest BCUT2D eigenvalue weighted by molar-refractivity contribution is 7.15. The van der Waals surface area contributed by atoms with E-state index in [4.69, 9.17) is 9.72 Å². The lowest BCUT2D eigenvalue weighted by Gasteiger charge is -2.19. The standard InChI is InChI=1S/C17H19NO2S/c1-3-20-17(19)13-5-4-6-14-15(13)18-16(21-14)12-9-7-11(2)8-10-12/h7-10,13H,3-6H2,1-2H3/t13-/m0/s1. The third-order valence-electron chi connectivity index (χ3n) is 3.82. The number of benzene rings is 1. The highest BCUT2D eigenvalue weighted by Gasteiger charge is 2.31. The van der Waals surface area contributed by atoms with Gasteiger partial charge in [0, 0.05) is 10.4 Å². The molecular weight excluding hydrogens is 282 g/mol. The lowest BCUT2D eigenvalue weighted by molar-refractivity contribution is -0.145. The van der Waals surface area contributed by atoms with E-state index in [9.17, 15) is 4.79 Å². The van der Waals surface area contributed by atoms with Crippen molar-refractivity contribution in [1.82, 2.24) is 4.98 Å². The van der Waals surface area contributed by atoms with Crippen molar-refractivity contribution in [3.63, 3.8) is 0 Å². The van der Waals surface area contributed by atoms with Crippen LogP contribution in [0.2, 0.25) is 0 Å². The Labute approximate surface area is 129 Å². The van der Waals surface area contributed by atoms with Crippen molar-refractivity contribution in [2.24, 2.45) is 0 Å². The van der Waals surface area contributed by atoms with E-state index in [0.29, 0.717) is 6.61 Å². The molecule has 0 saturated heterocycles. The van der Waals surface area contributed by atoms with Gasteiger partial charge in [-0.25, -0.2) is 4.98 Å². The molecule has 1 aromatic heterocycles. The third kappa shape index (κ3) is 2.86. The lowest BCUT2D eigenvalue weighted by atomic mass is 9.91. The molecule has 0 fully saturated rings. The molecule has 4 heteroatoms. The number of carbonyl (C=O) groups excluding carboxylic acids is 1. The van der Waals surface area contributed by atoms with Crippen LogP contribution in [-0.4, -0.2) is 17.6 Å². The van der Waals surface area contributed by atoms with E-state index in [2.05, 4.69) is 31.2 Å². The first-order valence-electron chi connectivity index (χ1n) is 7.42. The molecule has 1 heterocycles. The van der Waals surface area contributed by atoms with Gasteiger partial charge >= 0.3 is 5.97 Å². The topological polar surface area (TPSA) is 39.2 Å². The van der Waals surface area contributed by atoms with Gasteiger partial charge < -0.3 is 4.74 Å². The minimum Gasteiger partial charge on any atom is -0.465 e. The normalized spacial score (nSPS) is 17.3. The van der Waals surface area contributed by atoms with E-state index < -0.39 is 0 Å². The summed E-state index contributed by atoms with van der Waals surface area (Å²) in [7, 11) is 0. The Kier molecular flexibility index (Phi) is 4.06. The predicted molar refractivity (Wildman–Crippen MR) is 84.6 cm³/mol. The fourth-order valence-electron chi connectivity index (χ4n) is 2.71. The highest BCUT2D eigenvalue weighted by atomic mass is 32.1. The van der Waals surface area contributed by atoms with Crippen LogP contribution in [0, 0.1) is 6.92 Å². The van der Waals surface area contributed by atoms with Gasteiger partial charge in [-0.15, -0.1) is 11.3 Å². The smallest absolute Gasteiger partial charge is 0.315 e. The van der Waals surface area contributed by atoms with Crippen molar-refractivity contribution in [3.05, 3.63) is 40.4 Å². The van der Waals surface area contributed by atoms with Crippen LogP contribution in [-0.2, 0) is 16.0 Å². The Morgan fingerprint density at radius 2 is 2.14 bits per heavy atom. The maximum atomic E-state index is 12.1. The van der Waals surface area contributed by atoms with Crippen LogP contribution in [0.5, 0.6) is 0 Å². The van der Waals surface area contributed by atoms with E-state index >= 15 is 0 Å². The maximum Gasteiger partial charge on any atom is 0.315 e. The molecule has 1 aliphatic rings. The van der Waals surface area contributed by atoms with Crippen molar-refractivity contribution in [2.45, 2.75) is 39.0 Å². The molecule has 2 aromatic rings. The lowest BCUT2D eigenvalue weighted by Crippen LogP contribution is -2.20. The van der Waals surface area contributed by atoms with Crippen LogP contribution in [0.1, 0.15) is 41.8 Å². The number of esters is 1. The first-order valence-corrected chi connectivity index (χ1v) is 8.24. The monoisotopic (exact) mass is 301 g/mol. The summed E-state index contributed by atoms with van der Waals surface area (Å²) < 4.78 is 5.19. The summed E-state index contributed by atoms with van der Waals surface area (Å²) in [5, 5.41) is 1.01. The Morgan fingerprint density at radius 3 is 2.86 bits per heavy atom. The first kappa shape index (κ1) is 14.3. The van der Waals surface area contributed by atoms with Gasteiger partial charge in [-0.2, -0.15) is 0 Å². The molecule has 1 aromatic carbocycles. The molecule has 0 amide bonds. The average molecular weight is 301 g/mol. The van der Waals surface area contributed by atoms with Gasteiger partial charge in [0.25, 0.3) is 0 Å². The van der Waals surface area contributed by atoms with E-state index in [1.54, 1.807) is 11.3 Å². The summed E-state index contributed by atoms with van der Waals surface area (Å²) in [4.78, 5) is 18.1. The molecule has 110 valence electrons. The summed E-state index contributed by atoms with van der Waals surface area (Å²) in [5.74, 6) is -0.302. The Morgan fingerprint density at radius 1 is 1.38 bits per heavy atom. The van der Waals surface area contributed by atoms with Gasteiger partial charge in [-0.05, 0) is 33.1 Å². The van der Waals surface area contributed by atoms with Crippen molar-refractivity contribution in [1.29, 1.82) is 0 Å². The quantitative estimate of drug-likeness (QED) is 0.801. The molecular formula is C17H19NO2S. The zero-order valence-electron chi connectivity index (χ0n) is 12.4. The summed E-state index contributed by atoms with van der Waals surface area (Å²) >= 11 is 1.71. The van der Waals surface area contributed by atoms with Crippen molar-refractivity contribution < 1.29 is 9.53 Å². The van der Waals surface area contributed by atoms with Crippen LogP contribution >= 0.6 is 11.3 Å². The summed E-state index contributed by atoms with van der Waals surface area (Å²) in [6.45, 7) is 4.35. The minimum atomic E-state index is -0.177. The molecule has 3 nitrogen and oxygen atoms in total. The second-order valence-electron chi connectivity index (χ2n) is 5.39. The number of aromatic nitrogens is 1. The summed E-state index contributed by atoms with van der Waals surface area (Å²) in [6.07, 6.45) is 2.91. The zero-order valence-corrected chi connectivity index (χ0v) is 13.2. The molecule has 0 aliphatic heterocycles. The number of hydrogen-bond acceptors (Lipinski definition) is 4. The first-order chi connectivity index (χ1) is 10.2. The Balaban J connectivity index is 1.94. The minimum absolute atomic E-state index is 0.126. The summed E-state index contributed by atoms with van der Waals surface area (Å²) in [6, 6.07) is 8.38. The number of fused-ring (bicyclic) bond motifs is 1. The van der Waals surface area contributed by atoms with Gasteiger partial charge in [-0.3, -0.25) is 4.79 Å². The van der Waals surface area contributed by atoms with Gasteiger partial charge in [0.1, 0.15) is 10.9 Å². The predicted octanol–water partition coefficient (Wildman–Crippen LogP) is 4.10. The van der Waals surface area contributed by atoms with Crippen molar-refractivity contribution in [3.8, 4) is 10.6 Å². The van der Waals surface area contributed by atoms with Crippen molar-refractivity contribution >= 4 is 17.3 Å². The van der Waals surface area contributed by atoms with Gasteiger partial charge in [-0.1, -0.05) is 29.8 Å². The van der Waals surface area contributed by atoms with Crippen LogP contribution < -0.4 is 0 Å². The van der Waals surface area contributed by atoms with E-state index in [1.165, 1.54) is 10.4 Å². The second kappa shape index (κ2) is 5.98. The van der Waals surface area contributed by atoms with Gasteiger partial charge in [0.2, 0.25) is 0 Å². The number of nitrogens with zero attached hydrogens (tertiary/aromatic N) is 1. The average Bonchev–Trinajstić information content (AvgIpc) is 2.92. The van der Waals surface area contributed by atoms with Crippen LogP contribution in [0.3, 0.4) is 0 Å². The Hall–Kier alpha value is -1.68. The van der Waals surface area contributed by atoms with Gasteiger partial charge in [0.15, 0.2) is 0 Å². The third-order valence-corrected chi connectivity index (χ3v) is 5.00. The number of rotatable bonds is 3. The SMILES string of the molecule is CCOC(=O)[C@H]1CCCc2sc(-c3ccc(C)cc3)nc21. The fourth-order valence-corrected chi connectivity index (χ4v) is 3.88. The highest BCUT2D eigenvalue weighted by Crippen LogP contribution is 2.38. The maximum absolute atomic E-state index is 12.1. The molecule has 0 spiro atoms. The molecule has 0 radical (unpaired) electrons. The molecule has 0 N–H and O–H groups in total. The largest absolute Gasteiger partial charge is 0.465 e. The molecule has 21 heavy (non-hydrogen) atoms. The molecule has 1 atom stereocenters. The molecule has 0 bridgehead atoms. The number of hydrogen-bond donors (Lipinski definition) is 0. The van der Waals surface area contributed by atoms with E-state index in [-0.39, 0.29) is 11.9 Å². The molecule has 3 rings (SSSR count). The van der Waals surface area contributed by atoms with Crippen molar-refractivity contribution in [2.75, 3.05) is 6.61 Å². The molecule has 1 aliphatic carbocycles. The second-order valence-corrected chi connectivity index (χ2v) is 6.47. The van der Waals surface area contributed by atoms with Crippen LogP contribution in [0.25, 0.3) is 10.6 Å². The van der Waals surface area contributed by atoms with Gasteiger partial charge in [0.05, 0.1) is 12.3 Å². The molecule has 0 unspecified atom stereocenters. The fraction of sp³-hybridized carbons (Fsp3) is 0.412.